The van der Waals surface area contributed by atoms with Crippen LogP contribution in [0.4, 0.5) is 0 Å². The van der Waals surface area contributed by atoms with Crippen LogP contribution < -0.4 is 4.74 Å². The van der Waals surface area contributed by atoms with E-state index in [1.165, 1.54) is 18.6 Å². The summed E-state index contributed by atoms with van der Waals surface area (Å²) in [4.78, 5) is 28.8. The average Bonchev–Trinajstić information content (AvgIpc) is 3.29. The van der Waals surface area contributed by atoms with Crippen molar-refractivity contribution in [2.45, 2.75) is 50.2 Å². The standard InChI is InChI=1S/C23H27NO5S2/c1-16(23(26)27-15-28-24-2)17-7-8-19-14-20(10-9-18(19)13-17)29-22(25)6-4-3-5-21-11-12-30-31-21/h7-10,13-14,16,21H,2-6,11-12,15H2,1H3/t16-,21+/m0/s1. The predicted molar refractivity (Wildman–Crippen MR) is 127 cm³/mol. The molecule has 0 radical (unpaired) electrons. The number of carbonyl (C=O) groups is 2. The Balaban J connectivity index is 1.51. The average molecular weight is 462 g/mol. The molecule has 1 fully saturated rings. The third kappa shape index (κ3) is 7.18. The lowest BCUT2D eigenvalue weighted by molar-refractivity contribution is -0.157. The lowest BCUT2D eigenvalue weighted by Crippen LogP contribution is -2.14. The molecular formula is C23H27NO5S2. The van der Waals surface area contributed by atoms with Crippen molar-refractivity contribution in [2.24, 2.45) is 5.16 Å². The molecule has 0 N–H and O–H groups in total. The summed E-state index contributed by atoms with van der Waals surface area (Å²) in [6.45, 7) is 4.67. The van der Waals surface area contributed by atoms with Gasteiger partial charge in [0.25, 0.3) is 6.79 Å². The van der Waals surface area contributed by atoms with Crippen molar-refractivity contribution in [1.82, 2.24) is 0 Å². The zero-order valence-electron chi connectivity index (χ0n) is 17.6. The zero-order chi connectivity index (χ0) is 22.1. The van der Waals surface area contributed by atoms with Crippen LogP contribution in [0.1, 0.15) is 50.5 Å². The maximum absolute atomic E-state index is 12.2. The van der Waals surface area contributed by atoms with Crippen molar-refractivity contribution >= 4 is 51.0 Å². The van der Waals surface area contributed by atoms with Gasteiger partial charge in [-0.05, 0) is 54.7 Å². The molecule has 1 heterocycles. The summed E-state index contributed by atoms with van der Waals surface area (Å²) in [6, 6.07) is 11.2. The Morgan fingerprint density at radius 1 is 1.19 bits per heavy atom. The van der Waals surface area contributed by atoms with Gasteiger partial charge in [0.1, 0.15) is 5.75 Å². The molecule has 3 rings (SSSR count). The van der Waals surface area contributed by atoms with Gasteiger partial charge in [0, 0.05) is 24.1 Å². The fraction of sp³-hybridized carbons (Fsp3) is 0.435. The lowest BCUT2D eigenvalue weighted by atomic mass is 9.98. The summed E-state index contributed by atoms with van der Waals surface area (Å²) >= 11 is 0. The van der Waals surface area contributed by atoms with Crippen LogP contribution in [0.25, 0.3) is 10.8 Å². The highest BCUT2D eigenvalue weighted by molar-refractivity contribution is 8.77. The minimum atomic E-state index is -0.448. The normalized spacial score (nSPS) is 16.6. The fourth-order valence-corrected chi connectivity index (χ4v) is 6.37. The number of carbonyl (C=O) groups excluding carboxylic acids is 2. The molecule has 2 aromatic carbocycles. The molecule has 0 saturated carbocycles. The van der Waals surface area contributed by atoms with Crippen LogP contribution in [0.5, 0.6) is 5.75 Å². The van der Waals surface area contributed by atoms with Crippen molar-refractivity contribution < 1.29 is 23.9 Å². The molecule has 0 bridgehead atoms. The van der Waals surface area contributed by atoms with Gasteiger partial charge in [-0.25, -0.2) is 0 Å². The second-order valence-corrected chi connectivity index (χ2v) is 10.2. The smallest absolute Gasteiger partial charge is 0.316 e. The largest absolute Gasteiger partial charge is 0.427 e. The number of rotatable bonds is 11. The van der Waals surface area contributed by atoms with Crippen molar-refractivity contribution in [1.29, 1.82) is 0 Å². The Bertz CT molecular complexity index is 914. The molecule has 0 spiro atoms. The second-order valence-electron chi connectivity index (χ2n) is 7.38. The first-order valence-electron chi connectivity index (χ1n) is 10.3. The maximum Gasteiger partial charge on any atom is 0.316 e. The molecule has 6 nitrogen and oxygen atoms in total. The Kier molecular flexibility index (Phi) is 9.09. The van der Waals surface area contributed by atoms with Gasteiger partial charge in [0.2, 0.25) is 0 Å². The summed E-state index contributed by atoms with van der Waals surface area (Å²) < 4.78 is 10.5. The summed E-state index contributed by atoms with van der Waals surface area (Å²) in [5, 5.41) is 5.81. The van der Waals surface area contributed by atoms with Crippen LogP contribution in [0.15, 0.2) is 41.6 Å². The van der Waals surface area contributed by atoms with Crippen LogP contribution in [0, 0.1) is 0 Å². The van der Waals surface area contributed by atoms with E-state index in [1.54, 1.807) is 13.0 Å². The number of nitrogens with zero attached hydrogens (tertiary/aromatic N) is 1. The predicted octanol–water partition coefficient (Wildman–Crippen LogP) is 5.70. The van der Waals surface area contributed by atoms with E-state index >= 15 is 0 Å². The van der Waals surface area contributed by atoms with Crippen LogP contribution in [-0.2, 0) is 19.2 Å². The number of oxime groups is 1. The van der Waals surface area contributed by atoms with Crippen molar-refractivity contribution in [3.8, 4) is 5.75 Å². The summed E-state index contributed by atoms with van der Waals surface area (Å²) in [6.07, 6.45) is 4.81. The second kappa shape index (κ2) is 12.0. The highest BCUT2D eigenvalue weighted by Gasteiger charge is 2.18. The van der Waals surface area contributed by atoms with Crippen molar-refractivity contribution in [2.75, 3.05) is 12.5 Å². The van der Waals surface area contributed by atoms with E-state index in [9.17, 15) is 9.59 Å². The van der Waals surface area contributed by atoms with Crippen LogP contribution in [0.3, 0.4) is 0 Å². The van der Waals surface area contributed by atoms with E-state index in [0.29, 0.717) is 12.2 Å². The number of esters is 2. The Morgan fingerprint density at radius 2 is 2.00 bits per heavy atom. The van der Waals surface area contributed by atoms with E-state index in [1.807, 2.05) is 51.9 Å². The van der Waals surface area contributed by atoms with Gasteiger partial charge < -0.3 is 14.3 Å². The van der Waals surface area contributed by atoms with E-state index in [-0.39, 0.29) is 12.8 Å². The number of unbranched alkanes of at least 4 members (excludes halogenated alkanes) is 1. The lowest BCUT2D eigenvalue weighted by Gasteiger charge is -2.12. The number of benzene rings is 2. The van der Waals surface area contributed by atoms with Crippen LogP contribution in [0.2, 0.25) is 0 Å². The molecule has 1 aliphatic heterocycles. The Hall–Kier alpha value is -2.19. The topological polar surface area (TPSA) is 74.2 Å². The monoisotopic (exact) mass is 461 g/mol. The molecule has 8 heteroatoms. The van der Waals surface area contributed by atoms with Crippen LogP contribution >= 0.6 is 21.6 Å². The SMILES string of the molecule is C=NOCOC(=O)[C@@H](C)c1ccc2cc(OC(=O)CCCC[C@@H]3CCSS3)ccc2c1. The molecule has 2 aromatic rings. The quantitative estimate of drug-likeness (QED) is 0.0809. The Morgan fingerprint density at radius 3 is 2.77 bits per heavy atom. The van der Waals surface area contributed by atoms with Crippen molar-refractivity contribution in [3.05, 3.63) is 42.0 Å². The molecule has 1 saturated heterocycles. The van der Waals surface area contributed by atoms with Gasteiger partial charge in [-0.1, -0.05) is 57.4 Å². The zero-order valence-corrected chi connectivity index (χ0v) is 19.2. The van der Waals surface area contributed by atoms with Gasteiger partial charge >= 0.3 is 11.9 Å². The summed E-state index contributed by atoms with van der Waals surface area (Å²) in [5.74, 6) is 0.730. The fourth-order valence-electron chi connectivity index (χ4n) is 3.35. The number of hydrogen-bond donors (Lipinski definition) is 0. The molecule has 0 aromatic heterocycles. The van der Waals surface area contributed by atoms with Crippen LogP contribution in [-0.4, -0.2) is 36.5 Å². The summed E-state index contributed by atoms with van der Waals surface area (Å²) in [5.41, 5.74) is 0.827. The molecular weight excluding hydrogens is 434 g/mol. The highest BCUT2D eigenvalue weighted by atomic mass is 33.1. The highest BCUT2D eigenvalue weighted by Crippen LogP contribution is 2.39. The molecule has 0 aliphatic carbocycles. The third-order valence-corrected chi connectivity index (χ3v) is 8.16. The van der Waals surface area contributed by atoms with Gasteiger partial charge in [-0.3, -0.25) is 9.59 Å². The van der Waals surface area contributed by atoms with Gasteiger partial charge in [-0.15, -0.1) is 0 Å². The minimum absolute atomic E-state index is 0.197. The number of hydrogen-bond acceptors (Lipinski definition) is 8. The van der Waals surface area contributed by atoms with Gasteiger partial charge in [0.15, 0.2) is 0 Å². The summed E-state index contributed by atoms with van der Waals surface area (Å²) in [7, 11) is 3.92. The Labute approximate surface area is 190 Å². The number of fused-ring (bicyclic) bond motifs is 1. The first-order chi connectivity index (χ1) is 15.1. The molecule has 31 heavy (non-hydrogen) atoms. The van der Waals surface area contributed by atoms with Crippen molar-refractivity contribution in [3.63, 3.8) is 0 Å². The van der Waals surface area contributed by atoms with E-state index in [4.69, 9.17) is 9.47 Å². The molecule has 0 unspecified atom stereocenters. The van der Waals surface area contributed by atoms with Gasteiger partial charge in [-0.2, -0.15) is 0 Å². The minimum Gasteiger partial charge on any atom is -0.427 e. The molecule has 2 atom stereocenters. The van der Waals surface area contributed by atoms with E-state index in [0.717, 1.165) is 34.4 Å². The third-order valence-electron chi connectivity index (χ3n) is 5.15. The maximum atomic E-state index is 12.2. The number of ether oxygens (including phenoxy) is 2. The van der Waals surface area contributed by atoms with E-state index in [2.05, 4.69) is 16.7 Å². The van der Waals surface area contributed by atoms with E-state index < -0.39 is 11.9 Å². The van der Waals surface area contributed by atoms with Gasteiger partial charge in [0.05, 0.1) is 5.92 Å². The first-order valence-corrected chi connectivity index (χ1v) is 12.7. The molecule has 1 aliphatic rings. The molecule has 166 valence electrons. The first kappa shape index (κ1) is 23.5. The molecule has 0 amide bonds.